The van der Waals surface area contributed by atoms with Crippen molar-refractivity contribution in [3.63, 3.8) is 0 Å². The fraction of sp³-hybridized carbons (Fsp3) is 0.312. The summed E-state index contributed by atoms with van der Waals surface area (Å²) in [5.74, 6) is 1.08. The van der Waals surface area contributed by atoms with Gasteiger partial charge < -0.3 is 10.2 Å². The molecule has 0 bridgehead atoms. The number of nitrogens with one attached hydrogen (secondary N) is 1. The van der Waals surface area contributed by atoms with E-state index in [9.17, 15) is 0 Å². The van der Waals surface area contributed by atoms with Crippen LogP contribution in [0.2, 0.25) is 0 Å². The van der Waals surface area contributed by atoms with Crippen molar-refractivity contribution < 1.29 is 0 Å². The Kier molecular flexibility index (Phi) is 3.47. The molecule has 0 radical (unpaired) electrons. The summed E-state index contributed by atoms with van der Waals surface area (Å²) in [6, 6.07) is 12.8. The number of benzene rings is 1. The van der Waals surface area contributed by atoms with Crippen LogP contribution in [-0.2, 0) is 0 Å². The summed E-state index contributed by atoms with van der Waals surface area (Å²) in [4.78, 5) is 6.94. The van der Waals surface area contributed by atoms with E-state index in [4.69, 9.17) is 0 Å². The fourth-order valence-electron chi connectivity index (χ4n) is 2.46. The highest BCUT2D eigenvalue weighted by atomic mass is 15.2. The lowest BCUT2D eigenvalue weighted by Gasteiger charge is -2.28. The van der Waals surface area contributed by atoms with Crippen LogP contribution >= 0.6 is 0 Å². The highest BCUT2D eigenvalue weighted by molar-refractivity contribution is 5.64. The van der Waals surface area contributed by atoms with Crippen molar-refractivity contribution >= 4 is 5.82 Å². The maximum absolute atomic E-state index is 4.61. The lowest BCUT2D eigenvalue weighted by atomic mass is 10.1. The monoisotopic (exact) mass is 253 g/mol. The third-order valence-electron chi connectivity index (χ3n) is 3.54. The van der Waals surface area contributed by atoms with Gasteiger partial charge in [0.05, 0.1) is 0 Å². The smallest absolute Gasteiger partial charge is 0.128 e. The average Bonchev–Trinajstić information content (AvgIpc) is 2.48. The maximum atomic E-state index is 4.61. The lowest BCUT2D eigenvalue weighted by Crippen LogP contribution is -2.43. The first-order chi connectivity index (χ1) is 9.33. The van der Waals surface area contributed by atoms with Crippen LogP contribution in [0.15, 0.2) is 42.6 Å². The third-order valence-corrected chi connectivity index (χ3v) is 3.54. The molecular weight excluding hydrogens is 234 g/mol. The number of aromatic nitrogens is 1. The van der Waals surface area contributed by atoms with E-state index in [2.05, 4.69) is 58.5 Å². The molecule has 1 aromatic heterocycles. The second-order valence-electron chi connectivity index (χ2n) is 5.01. The van der Waals surface area contributed by atoms with Crippen LogP contribution in [0.4, 0.5) is 5.82 Å². The van der Waals surface area contributed by atoms with Crippen molar-refractivity contribution in [2.75, 3.05) is 31.1 Å². The number of anilines is 1. The van der Waals surface area contributed by atoms with Gasteiger partial charge in [-0.1, -0.05) is 29.8 Å². The molecule has 1 fully saturated rings. The van der Waals surface area contributed by atoms with Gasteiger partial charge in [-0.05, 0) is 24.6 Å². The molecule has 19 heavy (non-hydrogen) atoms. The molecule has 0 amide bonds. The molecular formula is C16H19N3. The molecule has 0 atom stereocenters. The highest BCUT2D eigenvalue weighted by Crippen LogP contribution is 2.21. The van der Waals surface area contributed by atoms with E-state index in [1.165, 1.54) is 16.7 Å². The Morgan fingerprint density at radius 1 is 1.05 bits per heavy atom. The molecule has 3 rings (SSSR count). The summed E-state index contributed by atoms with van der Waals surface area (Å²) >= 11 is 0. The van der Waals surface area contributed by atoms with Crippen LogP contribution in [-0.4, -0.2) is 31.2 Å². The zero-order chi connectivity index (χ0) is 13.1. The first kappa shape index (κ1) is 12.2. The van der Waals surface area contributed by atoms with Gasteiger partial charge in [-0.25, -0.2) is 4.98 Å². The molecule has 0 unspecified atom stereocenters. The SMILES string of the molecule is Cc1cccc(-c2ccc(N3CCNCC3)nc2)c1. The molecule has 0 spiro atoms. The molecule has 1 aromatic carbocycles. The Labute approximate surface area is 114 Å². The quantitative estimate of drug-likeness (QED) is 0.891. The van der Waals surface area contributed by atoms with Crippen LogP contribution in [0.3, 0.4) is 0 Å². The van der Waals surface area contributed by atoms with Gasteiger partial charge in [0.25, 0.3) is 0 Å². The molecule has 0 saturated carbocycles. The fourth-order valence-corrected chi connectivity index (χ4v) is 2.46. The molecule has 1 aliphatic rings. The third kappa shape index (κ3) is 2.76. The van der Waals surface area contributed by atoms with Crippen molar-refractivity contribution in [1.29, 1.82) is 0 Å². The minimum absolute atomic E-state index is 1.04. The summed E-state index contributed by atoms with van der Waals surface area (Å²) in [5, 5.41) is 3.36. The number of piperazine rings is 1. The molecule has 3 nitrogen and oxygen atoms in total. The number of pyridine rings is 1. The Hall–Kier alpha value is -1.87. The zero-order valence-electron chi connectivity index (χ0n) is 11.3. The summed E-state index contributed by atoms with van der Waals surface area (Å²) in [6.07, 6.45) is 1.98. The number of nitrogens with zero attached hydrogens (tertiary/aromatic N) is 2. The van der Waals surface area contributed by atoms with E-state index in [0.29, 0.717) is 0 Å². The summed E-state index contributed by atoms with van der Waals surface area (Å²) < 4.78 is 0. The van der Waals surface area contributed by atoms with Gasteiger partial charge in [-0.15, -0.1) is 0 Å². The predicted molar refractivity (Wildman–Crippen MR) is 79.5 cm³/mol. The largest absolute Gasteiger partial charge is 0.354 e. The second-order valence-corrected chi connectivity index (χ2v) is 5.01. The maximum Gasteiger partial charge on any atom is 0.128 e. The van der Waals surface area contributed by atoms with E-state index in [1.54, 1.807) is 0 Å². The van der Waals surface area contributed by atoms with Crippen LogP contribution in [0, 0.1) is 6.92 Å². The molecule has 1 aliphatic heterocycles. The number of aryl methyl sites for hydroxylation is 1. The van der Waals surface area contributed by atoms with Gasteiger partial charge in [0.15, 0.2) is 0 Å². The van der Waals surface area contributed by atoms with Gasteiger partial charge in [-0.3, -0.25) is 0 Å². The van der Waals surface area contributed by atoms with E-state index in [0.717, 1.165) is 32.0 Å². The molecule has 3 heteroatoms. The van der Waals surface area contributed by atoms with Gasteiger partial charge in [0.1, 0.15) is 5.82 Å². The second kappa shape index (κ2) is 5.41. The number of hydrogen-bond acceptors (Lipinski definition) is 3. The van der Waals surface area contributed by atoms with Crippen LogP contribution < -0.4 is 10.2 Å². The van der Waals surface area contributed by atoms with Crippen molar-refractivity contribution in [3.05, 3.63) is 48.2 Å². The van der Waals surface area contributed by atoms with Crippen molar-refractivity contribution in [2.24, 2.45) is 0 Å². The van der Waals surface area contributed by atoms with E-state index in [-0.39, 0.29) is 0 Å². The Bertz CT molecular complexity index is 542. The van der Waals surface area contributed by atoms with Gasteiger partial charge in [0.2, 0.25) is 0 Å². The first-order valence-corrected chi connectivity index (χ1v) is 6.82. The van der Waals surface area contributed by atoms with Gasteiger partial charge >= 0.3 is 0 Å². The number of rotatable bonds is 2. The highest BCUT2D eigenvalue weighted by Gasteiger charge is 2.11. The molecule has 0 aliphatic carbocycles. The normalized spacial score (nSPS) is 15.5. The van der Waals surface area contributed by atoms with Crippen LogP contribution in [0.5, 0.6) is 0 Å². The topological polar surface area (TPSA) is 28.2 Å². The Morgan fingerprint density at radius 3 is 2.58 bits per heavy atom. The minimum Gasteiger partial charge on any atom is -0.354 e. The van der Waals surface area contributed by atoms with Gasteiger partial charge in [0, 0.05) is 37.9 Å². The number of hydrogen-bond donors (Lipinski definition) is 1. The van der Waals surface area contributed by atoms with Crippen molar-refractivity contribution in [2.45, 2.75) is 6.92 Å². The van der Waals surface area contributed by atoms with Gasteiger partial charge in [-0.2, -0.15) is 0 Å². The molecule has 1 N–H and O–H groups in total. The standard InChI is InChI=1S/C16H19N3/c1-13-3-2-4-14(11-13)15-5-6-16(18-12-15)19-9-7-17-8-10-19/h2-6,11-12,17H,7-10H2,1H3. The summed E-state index contributed by atoms with van der Waals surface area (Å²) in [6.45, 7) is 6.28. The lowest BCUT2D eigenvalue weighted by molar-refractivity contribution is 0.585. The molecule has 98 valence electrons. The van der Waals surface area contributed by atoms with Crippen molar-refractivity contribution in [3.8, 4) is 11.1 Å². The van der Waals surface area contributed by atoms with E-state index in [1.807, 2.05) is 6.20 Å². The zero-order valence-corrected chi connectivity index (χ0v) is 11.3. The average molecular weight is 253 g/mol. The Morgan fingerprint density at radius 2 is 1.89 bits per heavy atom. The summed E-state index contributed by atoms with van der Waals surface area (Å²) in [7, 11) is 0. The molecule has 2 aromatic rings. The molecule has 2 heterocycles. The van der Waals surface area contributed by atoms with Crippen LogP contribution in [0.1, 0.15) is 5.56 Å². The van der Waals surface area contributed by atoms with E-state index >= 15 is 0 Å². The Balaban J connectivity index is 1.82. The first-order valence-electron chi connectivity index (χ1n) is 6.82. The predicted octanol–water partition coefficient (Wildman–Crippen LogP) is 2.47. The summed E-state index contributed by atoms with van der Waals surface area (Å²) in [5.41, 5.74) is 3.70. The van der Waals surface area contributed by atoms with Crippen LogP contribution in [0.25, 0.3) is 11.1 Å². The van der Waals surface area contributed by atoms with E-state index < -0.39 is 0 Å². The van der Waals surface area contributed by atoms with Crippen molar-refractivity contribution in [1.82, 2.24) is 10.3 Å². The molecule has 1 saturated heterocycles. The minimum atomic E-state index is 1.04.